The number of nitrogens with one attached hydrogen (secondary N) is 1. The number of aromatic nitrogens is 1. The van der Waals surface area contributed by atoms with Gasteiger partial charge in [0.1, 0.15) is 0 Å². The first-order chi connectivity index (χ1) is 8.22. The highest BCUT2D eigenvalue weighted by Gasteiger charge is 2.09. The lowest BCUT2D eigenvalue weighted by Crippen LogP contribution is -2.32. The Morgan fingerprint density at radius 3 is 2.47 bits per heavy atom. The van der Waals surface area contributed by atoms with Gasteiger partial charge in [-0.1, -0.05) is 20.8 Å². The fourth-order valence-electron chi connectivity index (χ4n) is 1.96. The molecule has 0 aromatic carbocycles. The van der Waals surface area contributed by atoms with Crippen LogP contribution in [0.2, 0.25) is 0 Å². The van der Waals surface area contributed by atoms with Crippen LogP contribution in [-0.2, 0) is 6.42 Å². The van der Waals surface area contributed by atoms with Crippen LogP contribution < -0.4 is 5.32 Å². The highest BCUT2D eigenvalue weighted by atomic mass is 14.9. The number of hydrogen-bond donors (Lipinski definition) is 1. The van der Waals surface area contributed by atoms with E-state index in [2.05, 4.69) is 43.2 Å². The van der Waals surface area contributed by atoms with Crippen molar-refractivity contribution in [1.82, 2.24) is 10.3 Å². The first-order valence-corrected chi connectivity index (χ1v) is 6.84. The van der Waals surface area contributed by atoms with Crippen LogP contribution in [0, 0.1) is 5.92 Å². The third kappa shape index (κ3) is 6.42. The molecule has 1 atom stereocenters. The van der Waals surface area contributed by atoms with Gasteiger partial charge in [0.05, 0.1) is 0 Å². The van der Waals surface area contributed by atoms with Crippen molar-refractivity contribution in [3.05, 3.63) is 30.1 Å². The van der Waals surface area contributed by atoms with E-state index in [1.165, 1.54) is 24.8 Å². The fraction of sp³-hybridized carbons (Fsp3) is 0.667. The highest BCUT2D eigenvalue weighted by molar-refractivity contribution is 5.11. The van der Waals surface area contributed by atoms with Crippen LogP contribution in [0.5, 0.6) is 0 Å². The van der Waals surface area contributed by atoms with Crippen LogP contribution in [0.4, 0.5) is 0 Å². The van der Waals surface area contributed by atoms with Crippen LogP contribution in [0.15, 0.2) is 24.5 Å². The topological polar surface area (TPSA) is 24.9 Å². The van der Waals surface area contributed by atoms with E-state index >= 15 is 0 Å². The van der Waals surface area contributed by atoms with Gasteiger partial charge in [-0.2, -0.15) is 0 Å². The first-order valence-electron chi connectivity index (χ1n) is 6.84. The minimum Gasteiger partial charge on any atom is -0.314 e. The SMILES string of the molecule is CCCNC(CCC(C)C)Cc1ccncc1. The van der Waals surface area contributed by atoms with E-state index in [1.54, 1.807) is 0 Å². The molecule has 1 aromatic heterocycles. The summed E-state index contributed by atoms with van der Waals surface area (Å²) < 4.78 is 0. The van der Waals surface area contributed by atoms with Crippen LogP contribution >= 0.6 is 0 Å². The Morgan fingerprint density at radius 2 is 1.88 bits per heavy atom. The van der Waals surface area contributed by atoms with Crippen molar-refractivity contribution < 1.29 is 0 Å². The summed E-state index contributed by atoms with van der Waals surface area (Å²) in [6, 6.07) is 4.85. The maximum Gasteiger partial charge on any atom is 0.0270 e. The zero-order chi connectivity index (χ0) is 12.5. The summed E-state index contributed by atoms with van der Waals surface area (Å²) in [4.78, 5) is 4.07. The molecule has 0 aliphatic rings. The zero-order valence-electron chi connectivity index (χ0n) is 11.4. The van der Waals surface area contributed by atoms with Crippen LogP contribution in [0.25, 0.3) is 0 Å². The molecular weight excluding hydrogens is 208 g/mol. The maximum absolute atomic E-state index is 4.07. The van der Waals surface area contributed by atoms with Gasteiger partial charge >= 0.3 is 0 Å². The van der Waals surface area contributed by atoms with Gasteiger partial charge in [0.25, 0.3) is 0 Å². The lowest BCUT2D eigenvalue weighted by molar-refractivity contribution is 0.427. The molecule has 0 bridgehead atoms. The van der Waals surface area contributed by atoms with Crippen molar-refractivity contribution in [2.75, 3.05) is 6.54 Å². The van der Waals surface area contributed by atoms with Gasteiger partial charge < -0.3 is 5.32 Å². The first kappa shape index (κ1) is 14.2. The summed E-state index contributed by atoms with van der Waals surface area (Å²) in [6.45, 7) is 7.93. The predicted molar refractivity (Wildman–Crippen MR) is 74.1 cm³/mol. The van der Waals surface area contributed by atoms with Crippen molar-refractivity contribution >= 4 is 0 Å². The van der Waals surface area contributed by atoms with Crippen LogP contribution in [0.3, 0.4) is 0 Å². The zero-order valence-corrected chi connectivity index (χ0v) is 11.4. The second-order valence-corrected chi connectivity index (χ2v) is 5.18. The number of nitrogens with zero attached hydrogens (tertiary/aromatic N) is 1. The molecule has 17 heavy (non-hydrogen) atoms. The van der Waals surface area contributed by atoms with Gasteiger partial charge in [0.2, 0.25) is 0 Å². The van der Waals surface area contributed by atoms with Gasteiger partial charge in [-0.15, -0.1) is 0 Å². The summed E-state index contributed by atoms with van der Waals surface area (Å²) in [5.41, 5.74) is 1.39. The maximum atomic E-state index is 4.07. The molecule has 0 radical (unpaired) electrons. The molecule has 0 aliphatic heterocycles. The Bertz CT molecular complexity index is 282. The molecule has 0 spiro atoms. The van der Waals surface area contributed by atoms with Gasteiger partial charge in [-0.25, -0.2) is 0 Å². The Balaban J connectivity index is 2.44. The van der Waals surface area contributed by atoms with Crippen molar-refractivity contribution in [2.24, 2.45) is 5.92 Å². The molecule has 1 heterocycles. The number of hydrogen-bond acceptors (Lipinski definition) is 2. The van der Waals surface area contributed by atoms with E-state index in [0.29, 0.717) is 6.04 Å². The summed E-state index contributed by atoms with van der Waals surface area (Å²) >= 11 is 0. The lowest BCUT2D eigenvalue weighted by Gasteiger charge is -2.19. The molecule has 2 heteroatoms. The Kier molecular flexibility index (Phi) is 6.87. The highest BCUT2D eigenvalue weighted by Crippen LogP contribution is 2.11. The molecule has 1 N–H and O–H groups in total. The van der Waals surface area contributed by atoms with E-state index in [9.17, 15) is 0 Å². The van der Waals surface area contributed by atoms with E-state index in [4.69, 9.17) is 0 Å². The fourth-order valence-corrected chi connectivity index (χ4v) is 1.96. The normalized spacial score (nSPS) is 12.9. The molecule has 0 fully saturated rings. The Morgan fingerprint density at radius 1 is 1.18 bits per heavy atom. The number of rotatable bonds is 8. The van der Waals surface area contributed by atoms with E-state index in [-0.39, 0.29) is 0 Å². The monoisotopic (exact) mass is 234 g/mol. The molecule has 1 unspecified atom stereocenters. The summed E-state index contributed by atoms with van der Waals surface area (Å²) in [5.74, 6) is 0.790. The summed E-state index contributed by atoms with van der Waals surface area (Å²) in [6.07, 6.45) is 8.65. The van der Waals surface area contributed by atoms with Gasteiger partial charge in [0, 0.05) is 18.4 Å². The van der Waals surface area contributed by atoms with Gasteiger partial charge in [0.15, 0.2) is 0 Å². The quantitative estimate of drug-likeness (QED) is 0.745. The molecule has 1 aromatic rings. The largest absolute Gasteiger partial charge is 0.314 e. The smallest absolute Gasteiger partial charge is 0.0270 e. The molecule has 96 valence electrons. The molecule has 0 aliphatic carbocycles. The Labute approximate surface area is 106 Å². The molecule has 2 nitrogen and oxygen atoms in total. The molecular formula is C15H26N2. The minimum atomic E-state index is 0.611. The van der Waals surface area contributed by atoms with E-state index < -0.39 is 0 Å². The van der Waals surface area contributed by atoms with Crippen molar-refractivity contribution in [2.45, 2.75) is 52.5 Å². The molecule has 0 saturated carbocycles. The standard InChI is InChI=1S/C15H26N2/c1-4-9-17-15(6-5-13(2)3)12-14-7-10-16-11-8-14/h7-8,10-11,13,15,17H,4-6,9,12H2,1-3H3. The molecule has 1 rings (SSSR count). The van der Waals surface area contributed by atoms with Crippen molar-refractivity contribution in [3.63, 3.8) is 0 Å². The average Bonchev–Trinajstić information content (AvgIpc) is 2.34. The second-order valence-electron chi connectivity index (χ2n) is 5.18. The Hall–Kier alpha value is -0.890. The third-order valence-electron chi connectivity index (χ3n) is 3.01. The summed E-state index contributed by atoms with van der Waals surface area (Å²) in [7, 11) is 0. The molecule has 0 saturated heterocycles. The van der Waals surface area contributed by atoms with Crippen LogP contribution in [0.1, 0.15) is 45.6 Å². The van der Waals surface area contributed by atoms with Crippen LogP contribution in [-0.4, -0.2) is 17.6 Å². The second kappa shape index (κ2) is 8.24. The third-order valence-corrected chi connectivity index (χ3v) is 3.01. The van der Waals surface area contributed by atoms with Gasteiger partial charge in [-0.3, -0.25) is 4.98 Å². The van der Waals surface area contributed by atoms with Crippen molar-refractivity contribution in [1.29, 1.82) is 0 Å². The summed E-state index contributed by atoms with van der Waals surface area (Å²) in [5, 5.41) is 3.65. The van der Waals surface area contributed by atoms with E-state index in [0.717, 1.165) is 18.9 Å². The van der Waals surface area contributed by atoms with Gasteiger partial charge in [-0.05, 0) is 55.8 Å². The number of pyridine rings is 1. The minimum absolute atomic E-state index is 0.611. The molecule has 0 amide bonds. The van der Waals surface area contributed by atoms with E-state index in [1.807, 2.05) is 12.4 Å². The average molecular weight is 234 g/mol. The van der Waals surface area contributed by atoms with Crippen molar-refractivity contribution in [3.8, 4) is 0 Å². The lowest BCUT2D eigenvalue weighted by atomic mass is 9.98. The predicted octanol–water partition coefficient (Wildman–Crippen LogP) is 3.43.